The number of amides is 1. The van der Waals surface area contributed by atoms with E-state index in [-0.39, 0.29) is 67.6 Å². The first-order valence-electron chi connectivity index (χ1n) is 23.8. The van der Waals surface area contributed by atoms with Gasteiger partial charge in [0.05, 0.1) is 50.1 Å². The van der Waals surface area contributed by atoms with Gasteiger partial charge < -0.3 is 39.2 Å². The normalized spacial score (nSPS) is 11.4. The molecule has 0 aliphatic rings. The summed E-state index contributed by atoms with van der Waals surface area (Å²) in [4.78, 5) is 66.0. The number of benzene rings is 1. The van der Waals surface area contributed by atoms with Crippen molar-refractivity contribution in [2.24, 2.45) is 0 Å². The summed E-state index contributed by atoms with van der Waals surface area (Å²) in [6.45, 7) is 2.21. The number of nitrogens with zero attached hydrogens (tertiary/aromatic N) is 2. The number of Topliss-reactive ketones (excluding diaryl/α,β-unsaturated/α-hetero) is 2. The SMILES string of the molecule is O=C(O)CCCCCCCCCCCCCCCOc1ccc(S(=O)(=O)Cc2ncc(C(=O)CCCCCCC(=O)NCCOCCOCC(=O)CCCOCCOCC(=O)O)cn2)cc1. The summed E-state index contributed by atoms with van der Waals surface area (Å²) < 4.78 is 52.8. The Morgan fingerprint density at radius 1 is 0.515 bits per heavy atom. The Morgan fingerprint density at radius 2 is 1.03 bits per heavy atom. The molecule has 0 aliphatic heterocycles. The largest absolute Gasteiger partial charge is 0.494 e. The first-order valence-corrected chi connectivity index (χ1v) is 25.4. The zero-order chi connectivity index (χ0) is 47.9. The lowest BCUT2D eigenvalue weighted by atomic mass is 10.0. The number of ketones is 2. The monoisotopic (exact) mass is 949 g/mol. The van der Waals surface area contributed by atoms with E-state index in [9.17, 15) is 32.4 Å². The van der Waals surface area contributed by atoms with E-state index in [1.165, 1.54) is 75.9 Å². The van der Waals surface area contributed by atoms with Crippen molar-refractivity contribution in [3.8, 4) is 5.75 Å². The van der Waals surface area contributed by atoms with Crippen LogP contribution in [0.15, 0.2) is 41.6 Å². The molecule has 3 N–H and O–H groups in total. The molecule has 1 heterocycles. The second-order valence-corrected chi connectivity index (χ2v) is 18.2. The number of unbranched alkanes of at least 4 members (excludes halogenated alkanes) is 15. The van der Waals surface area contributed by atoms with Gasteiger partial charge >= 0.3 is 11.9 Å². The van der Waals surface area contributed by atoms with Gasteiger partial charge in [0.1, 0.15) is 30.5 Å². The predicted octanol–water partition coefficient (Wildman–Crippen LogP) is 7.52. The van der Waals surface area contributed by atoms with Crippen molar-refractivity contribution in [3.05, 3.63) is 48.0 Å². The van der Waals surface area contributed by atoms with Crippen LogP contribution in [-0.2, 0) is 53.7 Å². The minimum Gasteiger partial charge on any atom is -0.494 e. The molecule has 0 radical (unpaired) electrons. The third kappa shape index (κ3) is 31.5. The molecule has 66 heavy (non-hydrogen) atoms. The van der Waals surface area contributed by atoms with Crippen LogP contribution in [0.25, 0.3) is 0 Å². The Bertz CT molecular complexity index is 1740. The number of sulfone groups is 1. The number of ether oxygens (including phenoxy) is 5. The van der Waals surface area contributed by atoms with E-state index in [1.807, 2.05) is 0 Å². The molecule has 1 aromatic carbocycles. The summed E-state index contributed by atoms with van der Waals surface area (Å²) in [7, 11) is -3.71. The predicted molar refractivity (Wildman–Crippen MR) is 247 cm³/mol. The van der Waals surface area contributed by atoms with E-state index in [1.54, 1.807) is 12.1 Å². The van der Waals surface area contributed by atoms with Crippen LogP contribution in [0.1, 0.15) is 157 Å². The molecule has 18 heteroatoms. The summed E-state index contributed by atoms with van der Waals surface area (Å²) in [6.07, 6.45) is 22.2. The fourth-order valence-electron chi connectivity index (χ4n) is 6.73. The van der Waals surface area contributed by atoms with E-state index >= 15 is 0 Å². The minimum absolute atomic E-state index is 0.0201. The Hall–Kier alpha value is -4.36. The summed E-state index contributed by atoms with van der Waals surface area (Å²) in [5, 5.41) is 20.0. The van der Waals surface area contributed by atoms with Gasteiger partial charge in [-0.3, -0.25) is 19.2 Å². The Kier molecular flexibility index (Phi) is 33.0. The van der Waals surface area contributed by atoms with Crippen LogP contribution in [0.5, 0.6) is 5.75 Å². The van der Waals surface area contributed by atoms with Gasteiger partial charge in [-0.25, -0.2) is 23.2 Å². The fraction of sp³-hybridized carbons (Fsp3) is 0.688. The molecule has 372 valence electrons. The highest BCUT2D eigenvalue weighted by Crippen LogP contribution is 2.20. The molecule has 1 aromatic heterocycles. The number of aromatic nitrogens is 2. The molecule has 0 unspecified atom stereocenters. The van der Waals surface area contributed by atoms with E-state index in [0.717, 1.165) is 44.9 Å². The Labute approximate surface area is 391 Å². The van der Waals surface area contributed by atoms with Crippen molar-refractivity contribution < 1.29 is 66.3 Å². The van der Waals surface area contributed by atoms with Crippen molar-refractivity contribution in [1.29, 1.82) is 0 Å². The van der Waals surface area contributed by atoms with Crippen LogP contribution in [0, 0.1) is 0 Å². The molecule has 0 saturated carbocycles. The van der Waals surface area contributed by atoms with Crippen molar-refractivity contribution in [2.45, 2.75) is 152 Å². The summed E-state index contributed by atoms with van der Waals surface area (Å²) in [5.74, 6) is -1.68. The first kappa shape index (κ1) is 57.8. The molecule has 0 spiro atoms. The number of rotatable bonds is 45. The maximum Gasteiger partial charge on any atom is 0.329 e. The highest BCUT2D eigenvalue weighted by atomic mass is 32.2. The molecule has 2 aromatic rings. The lowest BCUT2D eigenvalue weighted by molar-refractivity contribution is -0.143. The third-order valence-corrected chi connectivity index (χ3v) is 12.1. The fourth-order valence-corrected chi connectivity index (χ4v) is 7.94. The smallest absolute Gasteiger partial charge is 0.329 e. The third-order valence-electron chi connectivity index (χ3n) is 10.4. The second kappa shape index (κ2) is 37.7. The van der Waals surface area contributed by atoms with Gasteiger partial charge in [0.25, 0.3) is 0 Å². The van der Waals surface area contributed by atoms with E-state index in [0.29, 0.717) is 82.8 Å². The maximum absolute atomic E-state index is 13.1. The topological polar surface area (TPSA) is 244 Å². The quantitative estimate of drug-likeness (QED) is 0.0429. The average molecular weight is 950 g/mol. The maximum atomic E-state index is 13.1. The molecule has 0 atom stereocenters. The van der Waals surface area contributed by atoms with Gasteiger partial charge in [0.15, 0.2) is 21.4 Å². The minimum atomic E-state index is -3.71. The highest BCUT2D eigenvalue weighted by Gasteiger charge is 2.18. The van der Waals surface area contributed by atoms with Crippen LogP contribution in [0.4, 0.5) is 0 Å². The van der Waals surface area contributed by atoms with Crippen LogP contribution in [0.2, 0.25) is 0 Å². The van der Waals surface area contributed by atoms with Gasteiger partial charge in [0.2, 0.25) is 5.91 Å². The van der Waals surface area contributed by atoms with Crippen LogP contribution in [-0.4, -0.2) is 124 Å². The van der Waals surface area contributed by atoms with Crippen molar-refractivity contribution in [3.63, 3.8) is 0 Å². The highest BCUT2D eigenvalue weighted by molar-refractivity contribution is 7.90. The number of aliphatic carboxylic acids is 2. The molecule has 0 bridgehead atoms. The first-order chi connectivity index (χ1) is 32.0. The van der Waals surface area contributed by atoms with Crippen molar-refractivity contribution >= 4 is 39.2 Å². The van der Waals surface area contributed by atoms with Crippen LogP contribution < -0.4 is 10.1 Å². The molecule has 17 nitrogen and oxygen atoms in total. The number of nitrogens with one attached hydrogen (secondary N) is 1. The second-order valence-electron chi connectivity index (χ2n) is 16.3. The lowest BCUT2D eigenvalue weighted by Gasteiger charge is -2.08. The Morgan fingerprint density at radius 3 is 1.62 bits per heavy atom. The standard InChI is InChI=1S/C48H75N3O14S/c52-41(19-18-28-61-31-34-64-38-48(57)58)37-63-33-32-62-30-27-49-46(54)21-15-12-11-14-20-44(53)40-35-50-45(51-36-40)39-66(59,60)43-25-23-42(24-26-43)65-29-17-13-9-7-5-3-1-2-4-6-8-10-16-22-47(55)56/h23-26,35-36H,1-22,27-34,37-39H2,(H,49,54)(H,55,56)(H,57,58). The van der Waals surface area contributed by atoms with Crippen molar-refractivity contribution in [1.82, 2.24) is 15.3 Å². The van der Waals surface area contributed by atoms with Gasteiger partial charge in [-0.1, -0.05) is 83.5 Å². The number of hydrogen-bond acceptors (Lipinski definition) is 14. The number of carboxylic acid groups (broad SMARTS) is 2. The molecular weight excluding hydrogens is 875 g/mol. The molecule has 1 amide bonds. The Balaban J connectivity index is 1.44. The average Bonchev–Trinajstić information content (AvgIpc) is 3.29. The van der Waals surface area contributed by atoms with E-state index in [4.69, 9.17) is 33.9 Å². The number of carbonyl (C=O) groups is 5. The van der Waals surface area contributed by atoms with Crippen molar-refractivity contribution in [2.75, 3.05) is 66.0 Å². The summed E-state index contributed by atoms with van der Waals surface area (Å²) in [5.41, 5.74) is 0.323. The molecule has 2 rings (SSSR count). The zero-order valence-electron chi connectivity index (χ0n) is 38.9. The van der Waals surface area contributed by atoms with Gasteiger partial charge in [-0.05, 0) is 56.4 Å². The van der Waals surface area contributed by atoms with Gasteiger partial charge in [-0.15, -0.1) is 0 Å². The molecule has 0 fully saturated rings. The van der Waals surface area contributed by atoms with E-state index < -0.39 is 27.5 Å². The lowest BCUT2D eigenvalue weighted by Crippen LogP contribution is -2.27. The number of carbonyl (C=O) groups excluding carboxylic acids is 3. The number of hydrogen-bond donors (Lipinski definition) is 3. The molecular formula is C48H75N3O14S. The van der Waals surface area contributed by atoms with Gasteiger partial charge in [0, 0.05) is 51.2 Å². The summed E-state index contributed by atoms with van der Waals surface area (Å²) in [6, 6.07) is 6.36. The zero-order valence-corrected chi connectivity index (χ0v) is 39.7. The van der Waals surface area contributed by atoms with Crippen LogP contribution >= 0.6 is 0 Å². The van der Waals surface area contributed by atoms with Crippen LogP contribution in [0.3, 0.4) is 0 Å². The van der Waals surface area contributed by atoms with Gasteiger partial charge in [-0.2, -0.15) is 0 Å². The molecule has 0 aliphatic carbocycles. The van der Waals surface area contributed by atoms with E-state index in [2.05, 4.69) is 15.3 Å². The number of carboxylic acids is 2. The molecule has 0 saturated heterocycles. The summed E-state index contributed by atoms with van der Waals surface area (Å²) >= 11 is 0.